The highest BCUT2D eigenvalue weighted by Gasteiger charge is 2.34. The molecule has 4 nitrogen and oxygen atoms in total. The minimum absolute atomic E-state index is 0.190. The monoisotopic (exact) mass is 356 g/mol. The summed E-state index contributed by atoms with van der Waals surface area (Å²) >= 11 is 12.1. The van der Waals surface area contributed by atoms with E-state index in [0.717, 1.165) is 10.3 Å². The maximum absolute atomic E-state index is 12.9. The Morgan fingerprint density at radius 3 is 1.83 bits per heavy atom. The third-order valence-corrected chi connectivity index (χ3v) is 4.72. The second-order valence-corrected chi connectivity index (χ2v) is 6.29. The number of amides is 2. The van der Waals surface area contributed by atoms with Gasteiger partial charge in [-0.05, 0) is 29.7 Å². The molecule has 2 amide bonds. The van der Waals surface area contributed by atoms with Crippen LogP contribution in [0.15, 0.2) is 48.5 Å². The molecule has 2 N–H and O–H groups in total. The lowest BCUT2D eigenvalue weighted by Crippen LogP contribution is -2.40. The zero-order chi connectivity index (χ0) is 17.0. The minimum Gasteiger partial charge on any atom is -0.396 e. The molecule has 118 valence electrons. The lowest BCUT2D eigenvalue weighted by atomic mass is 9.94. The van der Waals surface area contributed by atoms with Crippen molar-refractivity contribution in [3.63, 3.8) is 0 Å². The Labute approximate surface area is 147 Å². The van der Waals surface area contributed by atoms with E-state index in [-0.39, 0.29) is 15.7 Å². The Hall–Kier alpha value is -2.56. The number of hydrogen-bond acceptors (Lipinski definition) is 3. The average molecular weight is 357 g/mol. The fourth-order valence-electron chi connectivity index (χ4n) is 2.97. The van der Waals surface area contributed by atoms with Gasteiger partial charge >= 0.3 is 0 Å². The number of anilines is 2. The van der Waals surface area contributed by atoms with E-state index < -0.39 is 11.8 Å². The van der Waals surface area contributed by atoms with Gasteiger partial charge < -0.3 is 5.73 Å². The van der Waals surface area contributed by atoms with Crippen LogP contribution in [0.2, 0.25) is 10.0 Å². The van der Waals surface area contributed by atoms with Crippen molar-refractivity contribution in [3.05, 3.63) is 69.7 Å². The molecule has 0 saturated carbocycles. The van der Waals surface area contributed by atoms with E-state index in [1.807, 2.05) is 12.1 Å². The molecule has 24 heavy (non-hydrogen) atoms. The number of benzene rings is 3. The molecule has 0 saturated heterocycles. The summed E-state index contributed by atoms with van der Waals surface area (Å²) < 4.78 is 0. The van der Waals surface area contributed by atoms with Crippen molar-refractivity contribution in [2.75, 3.05) is 10.6 Å². The van der Waals surface area contributed by atoms with Crippen LogP contribution in [-0.2, 0) is 0 Å². The zero-order valence-electron chi connectivity index (χ0n) is 12.2. The molecule has 0 fully saturated rings. The van der Waals surface area contributed by atoms with E-state index in [9.17, 15) is 9.59 Å². The third kappa shape index (κ3) is 2.00. The number of carbonyl (C=O) groups is 2. The molecule has 6 heteroatoms. The van der Waals surface area contributed by atoms with Crippen molar-refractivity contribution in [1.82, 2.24) is 0 Å². The summed E-state index contributed by atoms with van der Waals surface area (Å²) in [4.78, 5) is 26.9. The van der Waals surface area contributed by atoms with Crippen LogP contribution in [0.4, 0.5) is 11.4 Å². The molecule has 0 unspecified atom stereocenters. The van der Waals surface area contributed by atoms with Crippen LogP contribution in [-0.4, -0.2) is 11.8 Å². The number of nitrogens with two attached hydrogens (primary N) is 1. The molecule has 0 atom stereocenters. The van der Waals surface area contributed by atoms with Gasteiger partial charge in [-0.1, -0.05) is 47.5 Å². The van der Waals surface area contributed by atoms with Gasteiger partial charge in [0.2, 0.25) is 0 Å². The van der Waals surface area contributed by atoms with Gasteiger partial charge in [-0.15, -0.1) is 0 Å². The van der Waals surface area contributed by atoms with Crippen LogP contribution < -0.4 is 10.6 Å². The summed E-state index contributed by atoms with van der Waals surface area (Å²) in [6, 6.07) is 13.7. The largest absolute Gasteiger partial charge is 0.396 e. The highest BCUT2D eigenvalue weighted by molar-refractivity contribution is 6.41. The minimum atomic E-state index is -0.416. The van der Waals surface area contributed by atoms with Crippen molar-refractivity contribution < 1.29 is 9.59 Å². The van der Waals surface area contributed by atoms with Gasteiger partial charge in [-0.3, -0.25) is 9.59 Å². The molecule has 0 radical (unpaired) electrons. The Balaban J connectivity index is 1.98. The van der Waals surface area contributed by atoms with Gasteiger partial charge in [-0.2, -0.15) is 0 Å². The van der Waals surface area contributed by atoms with Crippen LogP contribution in [0.1, 0.15) is 20.7 Å². The van der Waals surface area contributed by atoms with Gasteiger partial charge in [0, 0.05) is 16.5 Å². The Morgan fingerprint density at radius 1 is 0.833 bits per heavy atom. The number of imide groups is 1. The SMILES string of the molecule is Nc1c(Cl)cc(N2C(=O)c3cccc4cccc(c34)C2=O)cc1Cl. The van der Waals surface area contributed by atoms with Gasteiger partial charge in [0.05, 0.1) is 21.4 Å². The zero-order valence-corrected chi connectivity index (χ0v) is 13.7. The first kappa shape index (κ1) is 15.0. The van der Waals surface area contributed by atoms with Crippen LogP contribution in [0.5, 0.6) is 0 Å². The fraction of sp³-hybridized carbons (Fsp3) is 0. The first-order valence-corrected chi connectivity index (χ1v) is 7.89. The second-order valence-electron chi connectivity index (χ2n) is 5.48. The molecular formula is C18H10Cl2N2O2. The first-order valence-electron chi connectivity index (χ1n) is 7.14. The highest BCUT2D eigenvalue weighted by Crippen LogP contribution is 2.37. The van der Waals surface area contributed by atoms with Crippen LogP contribution in [0.3, 0.4) is 0 Å². The van der Waals surface area contributed by atoms with Crippen LogP contribution in [0, 0.1) is 0 Å². The quantitative estimate of drug-likeness (QED) is 0.514. The average Bonchev–Trinajstić information content (AvgIpc) is 2.57. The number of hydrogen-bond donors (Lipinski definition) is 1. The number of nitrogen functional groups attached to an aromatic ring is 1. The summed E-state index contributed by atoms with van der Waals surface area (Å²) in [5.74, 6) is -0.831. The van der Waals surface area contributed by atoms with Gasteiger partial charge in [-0.25, -0.2) is 4.90 Å². The number of halogens is 2. The first-order chi connectivity index (χ1) is 11.5. The van der Waals surface area contributed by atoms with E-state index in [0.29, 0.717) is 22.2 Å². The molecular weight excluding hydrogens is 347 g/mol. The van der Waals surface area contributed by atoms with E-state index in [1.54, 1.807) is 24.3 Å². The van der Waals surface area contributed by atoms with Crippen LogP contribution in [0.25, 0.3) is 10.8 Å². The van der Waals surface area contributed by atoms with E-state index in [2.05, 4.69) is 0 Å². The van der Waals surface area contributed by atoms with Crippen molar-refractivity contribution in [2.24, 2.45) is 0 Å². The molecule has 3 aromatic rings. The number of nitrogens with zero attached hydrogens (tertiary/aromatic N) is 1. The summed E-state index contributed by atoms with van der Waals surface area (Å²) in [5.41, 5.74) is 7.17. The standard InChI is InChI=1S/C18H10Cl2N2O2/c19-13-7-10(8-14(20)16(13)21)22-17(23)11-5-1-3-9-4-2-6-12(15(9)11)18(22)24/h1-8H,21H2. The van der Waals surface area contributed by atoms with Crippen molar-refractivity contribution >= 4 is 57.2 Å². The molecule has 1 aliphatic rings. The summed E-state index contributed by atoms with van der Waals surface area (Å²) in [7, 11) is 0. The van der Waals surface area contributed by atoms with E-state index in [1.165, 1.54) is 12.1 Å². The lowest BCUT2D eigenvalue weighted by Gasteiger charge is -2.27. The van der Waals surface area contributed by atoms with E-state index in [4.69, 9.17) is 28.9 Å². The smallest absolute Gasteiger partial charge is 0.265 e. The molecule has 0 spiro atoms. The molecule has 1 aliphatic heterocycles. The van der Waals surface area contributed by atoms with Crippen molar-refractivity contribution in [3.8, 4) is 0 Å². The number of carbonyl (C=O) groups excluding carboxylic acids is 2. The third-order valence-electron chi connectivity index (χ3n) is 4.09. The molecule has 0 aliphatic carbocycles. The Kier molecular flexibility index (Phi) is 3.27. The van der Waals surface area contributed by atoms with Crippen LogP contribution >= 0.6 is 23.2 Å². The lowest BCUT2D eigenvalue weighted by molar-refractivity contribution is 0.0893. The predicted molar refractivity (Wildman–Crippen MR) is 96.0 cm³/mol. The van der Waals surface area contributed by atoms with Crippen molar-refractivity contribution in [2.45, 2.75) is 0 Å². The molecule has 3 aromatic carbocycles. The van der Waals surface area contributed by atoms with Gasteiger partial charge in [0.15, 0.2) is 0 Å². The maximum atomic E-state index is 12.9. The van der Waals surface area contributed by atoms with Gasteiger partial charge in [0.1, 0.15) is 0 Å². The number of rotatable bonds is 1. The summed E-state index contributed by atoms with van der Waals surface area (Å²) in [6.45, 7) is 0. The Morgan fingerprint density at radius 2 is 1.33 bits per heavy atom. The summed E-state index contributed by atoms with van der Waals surface area (Å²) in [5, 5.41) is 1.89. The Bertz CT molecular complexity index is 973. The normalized spacial score (nSPS) is 13.7. The van der Waals surface area contributed by atoms with Crippen molar-refractivity contribution in [1.29, 1.82) is 0 Å². The molecule has 0 aromatic heterocycles. The fourth-order valence-corrected chi connectivity index (χ4v) is 3.44. The summed E-state index contributed by atoms with van der Waals surface area (Å²) in [6.07, 6.45) is 0. The highest BCUT2D eigenvalue weighted by atomic mass is 35.5. The molecule has 1 heterocycles. The topological polar surface area (TPSA) is 63.4 Å². The van der Waals surface area contributed by atoms with E-state index >= 15 is 0 Å². The maximum Gasteiger partial charge on any atom is 0.265 e. The molecule has 4 rings (SSSR count). The predicted octanol–water partition coefficient (Wildman–Crippen LogP) is 4.53. The second kappa shape index (κ2) is 5.23. The molecule has 0 bridgehead atoms. The van der Waals surface area contributed by atoms with Gasteiger partial charge in [0.25, 0.3) is 11.8 Å².